The van der Waals surface area contributed by atoms with Gasteiger partial charge in [0.2, 0.25) is 0 Å². The smallest absolute Gasteiger partial charge is 0.252 e. The van der Waals surface area contributed by atoms with Crippen molar-refractivity contribution in [1.29, 1.82) is 0 Å². The van der Waals surface area contributed by atoms with Crippen molar-refractivity contribution in [3.63, 3.8) is 0 Å². The fourth-order valence-corrected chi connectivity index (χ4v) is 2.34. The zero-order valence-corrected chi connectivity index (χ0v) is 10.5. The van der Waals surface area contributed by atoms with Gasteiger partial charge >= 0.3 is 0 Å². The largest absolute Gasteiger partial charge is 0.352 e. The molecule has 1 aromatic rings. The Morgan fingerprint density at radius 1 is 1.33 bits per heavy atom. The van der Waals surface area contributed by atoms with Crippen molar-refractivity contribution in [2.45, 2.75) is 32.1 Å². The molecule has 2 rings (SSSR count). The predicted octanol–water partition coefficient (Wildman–Crippen LogP) is 1.68. The molecule has 1 heterocycles. The first kappa shape index (κ1) is 12.8. The van der Waals surface area contributed by atoms with Crippen molar-refractivity contribution in [3.8, 4) is 0 Å². The van der Waals surface area contributed by atoms with Crippen molar-refractivity contribution in [1.82, 2.24) is 10.3 Å². The van der Waals surface area contributed by atoms with Crippen LogP contribution < -0.4 is 16.6 Å². The summed E-state index contributed by atoms with van der Waals surface area (Å²) in [6.45, 7) is 0.774. The molecular formula is C13H20N4O. The van der Waals surface area contributed by atoms with E-state index >= 15 is 0 Å². The summed E-state index contributed by atoms with van der Waals surface area (Å²) in [5.74, 6) is 6.35. The zero-order valence-electron chi connectivity index (χ0n) is 10.5. The van der Waals surface area contributed by atoms with E-state index in [9.17, 15) is 4.79 Å². The molecule has 1 fully saturated rings. The first-order chi connectivity index (χ1) is 8.79. The Morgan fingerprint density at radius 3 is 2.72 bits per heavy atom. The van der Waals surface area contributed by atoms with Crippen LogP contribution in [-0.4, -0.2) is 17.4 Å². The summed E-state index contributed by atoms with van der Waals surface area (Å²) in [6.07, 6.45) is 7.91. The number of nitrogens with two attached hydrogens (primary N) is 1. The third-order valence-electron chi connectivity index (χ3n) is 3.45. The maximum absolute atomic E-state index is 11.9. The summed E-state index contributed by atoms with van der Waals surface area (Å²) in [6, 6.07) is 3.41. The van der Waals surface area contributed by atoms with Crippen molar-refractivity contribution >= 4 is 11.7 Å². The van der Waals surface area contributed by atoms with Crippen LogP contribution in [0.1, 0.15) is 42.5 Å². The molecule has 1 aliphatic rings. The van der Waals surface area contributed by atoms with E-state index in [0.29, 0.717) is 17.3 Å². The Labute approximate surface area is 107 Å². The molecule has 0 saturated heterocycles. The summed E-state index contributed by atoms with van der Waals surface area (Å²) >= 11 is 0. The van der Waals surface area contributed by atoms with Crippen LogP contribution in [-0.2, 0) is 0 Å². The summed E-state index contributed by atoms with van der Waals surface area (Å²) in [7, 11) is 0. The van der Waals surface area contributed by atoms with Gasteiger partial charge < -0.3 is 10.7 Å². The molecule has 0 radical (unpaired) electrons. The van der Waals surface area contributed by atoms with Gasteiger partial charge in [0.05, 0.1) is 5.56 Å². The molecule has 0 aliphatic heterocycles. The third kappa shape index (κ3) is 3.43. The van der Waals surface area contributed by atoms with Crippen LogP contribution in [0.4, 0.5) is 5.82 Å². The molecule has 1 aliphatic carbocycles. The topological polar surface area (TPSA) is 80.0 Å². The summed E-state index contributed by atoms with van der Waals surface area (Å²) < 4.78 is 0. The highest BCUT2D eigenvalue weighted by atomic mass is 16.1. The molecule has 0 bridgehead atoms. The van der Waals surface area contributed by atoms with E-state index in [1.165, 1.54) is 38.3 Å². The summed E-state index contributed by atoms with van der Waals surface area (Å²) in [5.41, 5.74) is 3.01. The number of rotatable bonds is 4. The highest BCUT2D eigenvalue weighted by Crippen LogP contribution is 2.22. The average Bonchev–Trinajstić information content (AvgIpc) is 2.46. The molecule has 1 aromatic heterocycles. The molecule has 0 aromatic carbocycles. The maximum Gasteiger partial charge on any atom is 0.252 e. The molecule has 0 unspecified atom stereocenters. The number of nitrogens with zero attached hydrogens (tertiary/aromatic N) is 1. The fraction of sp³-hybridized carbons (Fsp3) is 0.538. The van der Waals surface area contributed by atoms with Gasteiger partial charge in [0, 0.05) is 12.7 Å². The Balaban J connectivity index is 1.82. The van der Waals surface area contributed by atoms with Crippen molar-refractivity contribution in [2.24, 2.45) is 11.8 Å². The molecule has 4 N–H and O–H groups in total. The van der Waals surface area contributed by atoms with E-state index in [-0.39, 0.29) is 5.91 Å². The third-order valence-corrected chi connectivity index (χ3v) is 3.45. The van der Waals surface area contributed by atoms with Gasteiger partial charge in [0.1, 0.15) is 5.82 Å². The number of carbonyl (C=O) groups is 1. The lowest BCUT2D eigenvalue weighted by atomic mass is 9.89. The van der Waals surface area contributed by atoms with Crippen LogP contribution in [0.25, 0.3) is 0 Å². The second-order valence-corrected chi connectivity index (χ2v) is 4.79. The van der Waals surface area contributed by atoms with E-state index in [1.54, 1.807) is 12.1 Å². The summed E-state index contributed by atoms with van der Waals surface area (Å²) in [5, 5.41) is 2.98. The van der Waals surface area contributed by atoms with Gasteiger partial charge in [-0.3, -0.25) is 4.79 Å². The van der Waals surface area contributed by atoms with Crippen molar-refractivity contribution in [2.75, 3.05) is 12.0 Å². The summed E-state index contributed by atoms with van der Waals surface area (Å²) in [4.78, 5) is 15.9. The van der Waals surface area contributed by atoms with E-state index in [4.69, 9.17) is 5.84 Å². The second kappa shape index (κ2) is 6.35. The Bertz CT molecular complexity index is 384. The standard InChI is InChI=1S/C13H20N4O/c14-17-12-7-6-11(9-15-12)13(18)16-8-10-4-2-1-3-5-10/h6-7,9-10H,1-5,8,14H2,(H,15,17)(H,16,18). The highest BCUT2D eigenvalue weighted by molar-refractivity contribution is 5.94. The quantitative estimate of drug-likeness (QED) is 0.559. The number of carbonyl (C=O) groups excluding carboxylic acids is 1. The number of hydrazine groups is 1. The minimum absolute atomic E-state index is 0.0587. The number of nitrogen functional groups attached to an aromatic ring is 1. The number of aromatic nitrogens is 1. The SMILES string of the molecule is NNc1ccc(C(=O)NCC2CCCCC2)cn1. The van der Waals surface area contributed by atoms with E-state index in [0.717, 1.165) is 6.54 Å². The van der Waals surface area contributed by atoms with Gasteiger partial charge in [-0.25, -0.2) is 10.8 Å². The minimum atomic E-state index is -0.0587. The molecule has 18 heavy (non-hydrogen) atoms. The first-order valence-electron chi connectivity index (χ1n) is 6.50. The molecule has 5 heteroatoms. The lowest BCUT2D eigenvalue weighted by Gasteiger charge is -2.21. The number of amides is 1. The van der Waals surface area contributed by atoms with Crippen molar-refractivity contribution < 1.29 is 4.79 Å². The number of nitrogens with one attached hydrogen (secondary N) is 2. The van der Waals surface area contributed by atoms with Crippen LogP contribution in [0.5, 0.6) is 0 Å². The van der Waals surface area contributed by atoms with Crippen molar-refractivity contribution in [3.05, 3.63) is 23.9 Å². The van der Waals surface area contributed by atoms with Crippen LogP contribution in [0, 0.1) is 5.92 Å². The Hall–Kier alpha value is -1.62. The van der Waals surface area contributed by atoms with Gasteiger partial charge in [0.15, 0.2) is 0 Å². The fourth-order valence-electron chi connectivity index (χ4n) is 2.34. The molecule has 1 saturated carbocycles. The monoisotopic (exact) mass is 248 g/mol. The van der Waals surface area contributed by atoms with Crippen LogP contribution in [0.15, 0.2) is 18.3 Å². The minimum Gasteiger partial charge on any atom is -0.352 e. The Morgan fingerprint density at radius 2 is 2.11 bits per heavy atom. The Kier molecular flexibility index (Phi) is 4.52. The number of pyridine rings is 1. The predicted molar refractivity (Wildman–Crippen MR) is 71.0 cm³/mol. The van der Waals surface area contributed by atoms with E-state index < -0.39 is 0 Å². The molecule has 0 atom stereocenters. The number of anilines is 1. The van der Waals surface area contributed by atoms with Crippen LogP contribution in [0.2, 0.25) is 0 Å². The lowest BCUT2D eigenvalue weighted by molar-refractivity contribution is 0.0943. The molecule has 1 amide bonds. The van der Waals surface area contributed by atoms with Crippen LogP contribution >= 0.6 is 0 Å². The first-order valence-corrected chi connectivity index (χ1v) is 6.50. The van der Waals surface area contributed by atoms with Gasteiger partial charge in [-0.2, -0.15) is 0 Å². The van der Waals surface area contributed by atoms with Crippen LogP contribution in [0.3, 0.4) is 0 Å². The van der Waals surface area contributed by atoms with Gasteiger partial charge in [0.25, 0.3) is 5.91 Å². The van der Waals surface area contributed by atoms with E-state index in [1.807, 2.05) is 0 Å². The second-order valence-electron chi connectivity index (χ2n) is 4.79. The molecular weight excluding hydrogens is 228 g/mol. The van der Waals surface area contributed by atoms with Gasteiger partial charge in [-0.05, 0) is 30.9 Å². The van der Waals surface area contributed by atoms with Gasteiger partial charge in [-0.15, -0.1) is 0 Å². The lowest BCUT2D eigenvalue weighted by Crippen LogP contribution is -2.30. The molecule has 0 spiro atoms. The number of hydrogen-bond donors (Lipinski definition) is 3. The van der Waals surface area contributed by atoms with Gasteiger partial charge in [-0.1, -0.05) is 19.3 Å². The van der Waals surface area contributed by atoms with E-state index in [2.05, 4.69) is 15.7 Å². The molecule has 98 valence electrons. The average molecular weight is 248 g/mol. The molecule has 5 nitrogen and oxygen atoms in total. The zero-order chi connectivity index (χ0) is 12.8. The normalized spacial score (nSPS) is 16.3. The maximum atomic E-state index is 11.9. The number of hydrogen-bond acceptors (Lipinski definition) is 4. The highest BCUT2D eigenvalue weighted by Gasteiger charge is 2.14.